The highest BCUT2D eigenvalue weighted by molar-refractivity contribution is 5.38. The van der Waals surface area contributed by atoms with Crippen molar-refractivity contribution in [3.63, 3.8) is 0 Å². The van der Waals surface area contributed by atoms with Gasteiger partial charge in [-0.25, -0.2) is 4.39 Å². The van der Waals surface area contributed by atoms with Crippen LogP contribution in [0.5, 0.6) is 0 Å². The van der Waals surface area contributed by atoms with Crippen LogP contribution in [0.3, 0.4) is 0 Å². The highest BCUT2D eigenvalue weighted by Gasteiger charge is 2.28. The Morgan fingerprint density at radius 3 is 2.82 bits per heavy atom. The van der Waals surface area contributed by atoms with Crippen molar-refractivity contribution in [3.8, 4) is 0 Å². The summed E-state index contributed by atoms with van der Waals surface area (Å²) in [6.45, 7) is 4.79. The van der Waals surface area contributed by atoms with E-state index >= 15 is 0 Å². The maximum absolute atomic E-state index is 13.4. The van der Waals surface area contributed by atoms with Crippen LogP contribution in [0, 0.1) is 18.7 Å². The minimum Gasteiger partial charge on any atom is -0.392 e. The quantitative estimate of drug-likeness (QED) is 0.903. The molecule has 2 aromatic rings. The Kier molecular flexibility index (Phi) is 4.27. The zero-order valence-corrected chi connectivity index (χ0v) is 13.1. The summed E-state index contributed by atoms with van der Waals surface area (Å²) < 4.78 is 13.4. The number of aryl methyl sites for hydroxylation is 1. The van der Waals surface area contributed by atoms with Crippen molar-refractivity contribution in [2.45, 2.75) is 39.5 Å². The van der Waals surface area contributed by atoms with Gasteiger partial charge in [0, 0.05) is 18.2 Å². The number of benzene rings is 2. The van der Waals surface area contributed by atoms with E-state index in [9.17, 15) is 4.39 Å². The zero-order chi connectivity index (χ0) is 15.7. The zero-order valence-electron chi connectivity index (χ0n) is 13.1. The summed E-state index contributed by atoms with van der Waals surface area (Å²) in [6, 6.07) is 11.9. The molecule has 0 saturated heterocycles. The molecule has 0 heterocycles. The predicted octanol–water partition coefficient (Wildman–Crippen LogP) is 3.65. The molecule has 0 saturated carbocycles. The molecule has 3 heteroatoms. The third-order valence-electron chi connectivity index (χ3n) is 4.55. The molecule has 0 fully saturated rings. The fourth-order valence-corrected chi connectivity index (χ4v) is 3.36. The van der Waals surface area contributed by atoms with Gasteiger partial charge in [0.05, 0.1) is 6.61 Å². The van der Waals surface area contributed by atoms with Crippen LogP contribution < -0.4 is 5.32 Å². The minimum atomic E-state index is -0.346. The predicted molar refractivity (Wildman–Crippen MR) is 86.0 cm³/mol. The molecule has 2 nitrogen and oxygen atoms in total. The van der Waals surface area contributed by atoms with E-state index in [1.807, 2.05) is 0 Å². The number of aliphatic hydroxyl groups is 1. The van der Waals surface area contributed by atoms with Gasteiger partial charge in [-0.1, -0.05) is 36.8 Å². The number of halogens is 1. The summed E-state index contributed by atoms with van der Waals surface area (Å²) in [7, 11) is 0. The van der Waals surface area contributed by atoms with Crippen LogP contribution in [0.15, 0.2) is 36.4 Å². The van der Waals surface area contributed by atoms with Crippen LogP contribution in [0.4, 0.5) is 4.39 Å². The van der Waals surface area contributed by atoms with Crippen LogP contribution in [0.2, 0.25) is 0 Å². The van der Waals surface area contributed by atoms with E-state index in [1.54, 1.807) is 12.1 Å². The Morgan fingerprint density at radius 1 is 1.23 bits per heavy atom. The molecule has 1 aliphatic rings. The fourth-order valence-electron chi connectivity index (χ4n) is 3.36. The lowest BCUT2D eigenvalue weighted by atomic mass is 10.0. The van der Waals surface area contributed by atoms with Gasteiger partial charge in [0.15, 0.2) is 0 Å². The average Bonchev–Trinajstić information content (AvgIpc) is 2.81. The Bertz CT molecular complexity index is 683. The number of fused-ring (bicyclic) bond motifs is 1. The van der Waals surface area contributed by atoms with Crippen LogP contribution in [0.25, 0.3) is 0 Å². The molecule has 0 radical (unpaired) electrons. The molecule has 0 bridgehead atoms. The van der Waals surface area contributed by atoms with Gasteiger partial charge in [-0.3, -0.25) is 0 Å². The summed E-state index contributed by atoms with van der Waals surface area (Å²) in [6.07, 6.45) is 1.10. The Morgan fingerprint density at radius 2 is 2.05 bits per heavy atom. The van der Waals surface area contributed by atoms with E-state index in [0.29, 0.717) is 24.1 Å². The summed E-state index contributed by atoms with van der Waals surface area (Å²) in [4.78, 5) is 0. The Balaban J connectivity index is 1.76. The molecular weight excluding hydrogens is 277 g/mol. The molecule has 0 aromatic heterocycles. The van der Waals surface area contributed by atoms with Gasteiger partial charge in [-0.2, -0.15) is 0 Å². The first-order valence-corrected chi connectivity index (χ1v) is 7.79. The molecule has 2 N–H and O–H groups in total. The van der Waals surface area contributed by atoms with Crippen molar-refractivity contribution >= 4 is 0 Å². The first-order chi connectivity index (χ1) is 10.6. The summed E-state index contributed by atoms with van der Waals surface area (Å²) >= 11 is 0. The number of hydrogen-bond acceptors (Lipinski definition) is 2. The van der Waals surface area contributed by atoms with Gasteiger partial charge >= 0.3 is 0 Å². The lowest BCUT2D eigenvalue weighted by molar-refractivity contribution is 0.275. The Hall–Kier alpha value is -1.71. The number of aliphatic hydroxyl groups excluding tert-OH is 1. The minimum absolute atomic E-state index is 0.262. The molecular formula is C19H22FNO. The van der Waals surface area contributed by atoms with Crippen LogP contribution >= 0.6 is 0 Å². The van der Waals surface area contributed by atoms with E-state index in [2.05, 4.69) is 37.4 Å². The smallest absolute Gasteiger partial charge is 0.128 e. The molecule has 22 heavy (non-hydrogen) atoms. The van der Waals surface area contributed by atoms with E-state index in [1.165, 1.54) is 22.8 Å². The van der Waals surface area contributed by atoms with Crippen molar-refractivity contribution in [2.75, 3.05) is 0 Å². The van der Waals surface area contributed by atoms with Crippen LogP contribution in [-0.4, -0.2) is 5.11 Å². The second-order valence-corrected chi connectivity index (χ2v) is 6.33. The average molecular weight is 299 g/mol. The van der Waals surface area contributed by atoms with E-state index < -0.39 is 0 Å². The normalized spacial score (nSPS) is 20.2. The maximum Gasteiger partial charge on any atom is 0.128 e. The molecule has 0 aliphatic heterocycles. The summed E-state index contributed by atoms with van der Waals surface area (Å²) in [5.41, 5.74) is 5.44. The first kappa shape index (κ1) is 15.2. The second kappa shape index (κ2) is 6.19. The molecule has 3 rings (SSSR count). The van der Waals surface area contributed by atoms with Gasteiger partial charge in [-0.05, 0) is 48.1 Å². The SMILES string of the molecule is Cc1ccc2c(c1)C(NCc1ccc(F)c(CO)c1)C(C)C2. The van der Waals surface area contributed by atoms with Crippen LogP contribution in [-0.2, 0) is 19.6 Å². The monoisotopic (exact) mass is 299 g/mol. The van der Waals surface area contributed by atoms with E-state index in [-0.39, 0.29) is 12.4 Å². The van der Waals surface area contributed by atoms with Gasteiger partial charge < -0.3 is 10.4 Å². The molecule has 0 spiro atoms. The number of hydrogen-bond donors (Lipinski definition) is 2. The van der Waals surface area contributed by atoms with E-state index in [4.69, 9.17) is 5.11 Å². The van der Waals surface area contributed by atoms with Crippen molar-refractivity contribution < 1.29 is 9.50 Å². The third kappa shape index (κ3) is 2.92. The fraction of sp³-hybridized carbons (Fsp3) is 0.368. The third-order valence-corrected chi connectivity index (χ3v) is 4.55. The largest absolute Gasteiger partial charge is 0.392 e. The standard InChI is InChI=1S/C19H22FNO/c1-12-3-5-15-8-13(2)19(17(15)7-12)21-10-14-4-6-18(20)16(9-14)11-22/h3-7,9,13,19,21-22H,8,10-11H2,1-2H3. The van der Waals surface area contributed by atoms with Gasteiger partial charge in [0.2, 0.25) is 0 Å². The molecule has 116 valence electrons. The van der Waals surface area contributed by atoms with Crippen molar-refractivity contribution in [2.24, 2.45) is 5.92 Å². The maximum atomic E-state index is 13.4. The van der Waals surface area contributed by atoms with E-state index in [0.717, 1.165) is 12.0 Å². The second-order valence-electron chi connectivity index (χ2n) is 6.33. The Labute approximate surface area is 131 Å². The highest BCUT2D eigenvalue weighted by atomic mass is 19.1. The van der Waals surface area contributed by atoms with Crippen molar-refractivity contribution in [1.29, 1.82) is 0 Å². The number of nitrogens with one attached hydrogen (secondary N) is 1. The summed E-state index contributed by atoms with van der Waals surface area (Å²) in [5, 5.41) is 12.8. The molecule has 0 amide bonds. The lowest BCUT2D eigenvalue weighted by Crippen LogP contribution is -2.23. The number of rotatable bonds is 4. The molecule has 1 aliphatic carbocycles. The first-order valence-electron chi connectivity index (χ1n) is 7.79. The molecule has 2 atom stereocenters. The van der Waals surface area contributed by atoms with Gasteiger partial charge in [0.25, 0.3) is 0 Å². The van der Waals surface area contributed by atoms with Crippen LogP contribution in [0.1, 0.15) is 40.8 Å². The highest BCUT2D eigenvalue weighted by Crippen LogP contribution is 2.36. The lowest BCUT2D eigenvalue weighted by Gasteiger charge is -2.19. The molecule has 2 aromatic carbocycles. The van der Waals surface area contributed by atoms with Gasteiger partial charge in [0.1, 0.15) is 5.82 Å². The summed E-state index contributed by atoms with van der Waals surface area (Å²) in [5.74, 6) is 0.205. The van der Waals surface area contributed by atoms with Crippen molar-refractivity contribution in [3.05, 3.63) is 70.0 Å². The van der Waals surface area contributed by atoms with Gasteiger partial charge in [-0.15, -0.1) is 0 Å². The topological polar surface area (TPSA) is 32.3 Å². The molecule has 2 unspecified atom stereocenters. The van der Waals surface area contributed by atoms with Crippen molar-refractivity contribution in [1.82, 2.24) is 5.32 Å².